The van der Waals surface area contributed by atoms with Crippen LogP contribution in [0.5, 0.6) is 0 Å². The van der Waals surface area contributed by atoms with E-state index in [1.54, 1.807) is 0 Å². The van der Waals surface area contributed by atoms with Gasteiger partial charge in [-0.3, -0.25) is 9.69 Å². The van der Waals surface area contributed by atoms with Gasteiger partial charge in [-0.1, -0.05) is 13.8 Å². The third-order valence-electron chi connectivity index (χ3n) is 1.95. The van der Waals surface area contributed by atoms with Gasteiger partial charge in [0.2, 0.25) is 0 Å². The summed E-state index contributed by atoms with van der Waals surface area (Å²) in [6, 6.07) is 0. The van der Waals surface area contributed by atoms with Gasteiger partial charge in [0, 0.05) is 6.54 Å². The van der Waals surface area contributed by atoms with Crippen LogP contribution in [0.3, 0.4) is 0 Å². The smallest absolute Gasteiger partial charge is 0.320 e. The molecule has 0 atom stereocenters. The van der Waals surface area contributed by atoms with Gasteiger partial charge in [-0.05, 0) is 25.9 Å². The molecular weight excluding hydrogens is 180 g/mol. The summed E-state index contributed by atoms with van der Waals surface area (Å²) >= 11 is 0. The fraction of sp³-hybridized carbons (Fsp3) is 0.900. The Morgan fingerprint density at radius 2 is 2.07 bits per heavy atom. The average molecular weight is 202 g/mol. The molecule has 0 aliphatic carbocycles. The van der Waals surface area contributed by atoms with Crippen molar-refractivity contribution in [2.24, 2.45) is 11.1 Å². The summed E-state index contributed by atoms with van der Waals surface area (Å²) in [5.74, 6) is -0.178. The standard InChI is InChI=1S/C10H22N2O2/c1-5-14-9(13)6-12(4)8-10(2,3)7-11/h5-8,11H2,1-4H3. The second kappa shape index (κ2) is 5.98. The number of ether oxygens (including phenoxy) is 1. The molecule has 0 heterocycles. The molecule has 0 aromatic rings. The first-order chi connectivity index (χ1) is 6.41. The van der Waals surface area contributed by atoms with Crippen LogP contribution in [-0.2, 0) is 9.53 Å². The maximum absolute atomic E-state index is 11.1. The number of carbonyl (C=O) groups excluding carboxylic acids is 1. The summed E-state index contributed by atoms with van der Waals surface area (Å²) in [6.07, 6.45) is 0. The van der Waals surface area contributed by atoms with Gasteiger partial charge in [0.25, 0.3) is 0 Å². The fourth-order valence-electron chi connectivity index (χ4n) is 1.28. The number of likely N-dealkylation sites (N-methyl/N-ethyl adjacent to an activating group) is 1. The third-order valence-corrected chi connectivity index (χ3v) is 1.95. The Balaban J connectivity index is 3.86. The van der Waals surface area contributed by atoms with Gasteiger partial charge >= 0.3 is 5.97 Å². The van der Waals surface area contributed by atoms with E-state index in [1.807, 2.05) is 18.9 Å². The van der Waals surface area contributed by atoms with Crippen molar-refractivity contribution < 1.29 is 9.53 Å². The first-order valence-corrected chi connectivity index (χ1v) is 4.95. The zero-order valence-corrected chi connectivity index (χ0v) is 9.67. The van der Waals surface area contributed by atoms with Gasteiger partial charge in [-0.15, -0.1) is 0 Å². The number of esters is 1. The number of nitrogens with zero attached hydrogens (tertiary/aromatic N) is 1. The highest BCUT2D eigenvalue weighted by Crippen LogP contribution is 2.13. The van der Waals surface area contributed by atoms with Crippen LogP contribution in [-0.4, -0.2) is 44.2 Å². The molecule has 4 heteroatoms. The van der Waals surface area contributed by atoms with Crippen LogP contribution in [0.25, 0.3) is 0 Å². The summed E-state index contributed by atoms with van der Waals surface area (Å²) in [5, 5.41) is 0. The maximum atomic E-state index is 11.1. The first-order valence-electron chi connectivity index (χ1n) is 4.95. The summed E-state index contributed by atoms with van der Waals surface area (Å²) in [4.78, 5) is 13.1. The van der Waals surface area contributed by atoms with E-state index < -0.39 is 0 Å². The average Bonchev–Trinajstić information content (AvgIpc) is 2.03. The molecule has 0 amide bonds. The highest BCUT2D eigenvalue weighted by atomic mass is 16.5. The van der Waals surface area contributed by atoms with Gasteiger partial charge < -0.3 is 10.5 Å². The number of rotatable bonds is 6. The predicted octanol–water partition coefficient (Wildman–Crippen LogP) is 0.466. The molecule has 0 saturated heterocycles. The van der Waals surface area contributed by atoms with Crippen molar-refractivity contribution in [3.63, 3.8) is 0 Å². The second-order valence-electron chi connectivity index (χ2n) is 4.35. The molecule has 0 rings (SSSR count). The molecule has 0 unspecified atom stereocenters. The predicted molar refractivity (Wildman–Crippen MR) is 57.0 cm³/mol. The van der Waals surface area contributed by atoms with Crippen molar-refractivity contribution in [1.82, 2.24) is 4.90 Å². The van der Waals surface area contributed by atoms with Crippen LogP contribution >= 0.6 is 0 Å². The van der Waals surface area contributed by atoms with Gasteiger partial charge in [0.05, 0.1) is 13.2 Å². The van der Waals surface area contributed by atoms with Crippen LogP contribution in [0.2, 0.25) is 0 Å². The zero-order valence-electron chi connectivity index (χ0n) is 9.67. The van der Waals surface area contributed by atoms with Crippen molar-refractivity contribution in [3.8, 4) is 0 Å². The van der Waals surface area contributed by atoms with Crippen LogP contribution in [0.15, 0.2) is 0 Å². The minimum absolute atomic E-state index is 0.0429. The van der Waals surface area contributed by atoms with E-state index in [-0.39, 0.29) is 11.4 Å². The Morgan fingerprint density at radius 3 is 2.50 bits per heavy atom. The molecular formula is C10H22N2O2. The molecule has 0 aliphatic rings. The lowest BCUT2D eigenvalue weighted by Gasteiger charge is -2.28. The summed E-state index contributed by atoms with van der Waals surface area (Å²) < 4.78 is 4.85. The highest BCUT2D eigenvalue weighted by Gasteiger charge is 2.19. The fourth-order valence-corrected chi connectivity index (χ4v) is 1.28. The zero-order chi connectivity index (χ0) is 11.2. The van der Waals surface area contributed by atoms with E-state index in [0.717, 1.165) is 6.54 Å². The normalized spacial score (nSPS) is 11.9. The minimum Gasteiger partial charge on any atom is -0.465 e. The van der Waals surface area contributed by atoms with Crippen molar-refractivity contribution in [1.29, 1.82) is 0 Å². The quantitative estimate of drug-likeness (QED) is 0.636. The molecule has 0 saturated carbocycles. The third kappa shape index (κ3) is 5.94. The molecule has 14 heavy (non-hydrogen) atoms. The molecule has 0 fully saturated rings. The number of hydrogen-bond donors (Lipinski definition) is 1. The minimum atomic E-state index is -0.178. The van der Waals surface area contributed by atoms with E-state index in [0.29, 0.717) is 19.7 Å². The SMILES string of the molecule is CCOC(=O)CN(C)CC(C)(C)CN. The number of carbonyl (C=O) groups is 1. The maximum Gasteiger partial charge on any atom is 0.320 e. The van der Waals surface area contributed by atoms with E-state index in [4.69, 9.17) is 10.5 Å². The number of nitrogens with two attached hydrogens (primary N) is 1. The molecule has 4 nitrogen and oxygen atoms in total. The van der Waals surface area contributed by atoms with Gasteiger partial charge in [-0.2, -0.15) is 0 Å². The summed E-state index contributed by atoms with van der Waals surface area (Å²) in [5.41, 5.74) is 5.64. The summed E-state index contributed by atoms with van der Waals surface area (Å²) in [7, 11) is 1.90. The van der Waals surface area contributed by atoms with E-state index >= 15 is 0 Å². The van der Waals surface area contributed by atoms with E-state index in [9.17, 15) is 4.79 Å². The molecule has 84 valence electrons. The monoisotopic (exact) mass is 202 g/mol. The van der Waals surface area contributed by atoms with Crippen LogP contribution in [0.1, 0.15) is 20.8 Å². The highest BCUT2D eigenvalue weighted by molar-refractivity contribution is 5.71. The van der Waals surface area contributed by atoms with E-state index in [2.05, 4.69) is 13.8 Å². The van der Waals surface area contributed by atoms with Gasteiger partial charge in [-0.25, -0.2) is 0 Å². The van der Waals surface area contributed by atoms with Crippen molar-refractivity contribution in [3.05, 3.63) is 0 Å². The van der Waals surface area contributed by atoms with Crippen LogP contribution < -0.4 is 5.73 Å². The second-order valence-corrected chi connectivity index (χ2v) is 4.35. The van der Waals surface area contributed by atoms with Crippen molar-refractivity contribution >= 4 is 5.97 Å². The Hall–Kier alpha value is -0.610. The lowest BCUT2D eigenvalue weighted by atomic mass is 9.93. The summed E-state index contributed by atoms with van der Waals surface area (Å²) in [6.45, 7) is 8.14. The van der Waals surface area contributed by atoms with E-state index in [1.165, 1.54) is 0 Å². The number of hydrogen-bond acceptors (Lipinski definition) is 4. The van der Waals surface area contributed by atoms with Gasteiger partial charge in [0.1, 0.15) is 0 Å². The molecule has 2 N–H and O–H groups in total. The molecule has 0 radical (unpaired) electrons. The Kier molecular flexibility index (Phi) is 5.72. The van der Waals surface area contributed by atoms with Crippen LogP contribution in [0, 0.1) is 5.41 Å². The molecule has 0 bridgehead atoms. The Bertz CT molecular complexity index is 181. The Morgan fingerprint density at radius 1 is 1.50 bits per heavy atom. The molecule has 0 spiro atoms. The first kappa shape index (κ1) is 13.4. The van der Waals surface area contributed by atoms with Crippen molar-refractivity contribution in [2.75, 3.05) is 33.3 Å². The molecule has 0 aromatic carbocycles. The Labute approximate surface area is 86.4 Å². The van der Waals surface area contributed by atoms with Crippen LogP contribution in [0.4, 0.5) is 0 Å². The van der Waals surface area contributed by atoms with Crippen molar-refractivity contribution in [2.45, 2.75) is 20.8 Å². The topological polar surface area (TPSA) is 55.6 Å². The lowest BCUT2D eigenvalue weighted by molar-refractivity contribution is -0.144. The van der Waals surface area contributed by atoms with Gasteiger partial charge in [0.15, 0.2) is 0 Å². The largest absolute Gasteiger partial charge is 0.465 e. The lowest BCUT2D eigenvalue weighted by Crippen LogP contribution is -2.39. The molecule has 0 aromatic heterocycles. The molecule has 0 aliphatic heterocycles.